The van der Waals surface area contributed by atoms with Crippen LogP contribution in [0.2, 0.25) is 0 Å². The van der Waals surface area contributed by atoms with Gasteiger partial charge in [0.25, 0.3) is 11.8 Å². The Labute approximate surface area is 101 Å². The van der Waals surface area contributed by atoms with Crippen molar-refractivity contribution in [3.63, 3.8) is 0 Å². The Kier molecular flexibility index (Phi) is 3.09. The maximum Gasteiger partial charge on any atom is 0.258 e. The van der Waals surface area contributed by atoms with Crippen LogP contribution >= 0.6 is 0 Å². The smallest absolute Gasteiger partial charge is 0.258 e. The van der Waals surface area contributed by atoms with Crippen molar-refractivity contribution < 1.29 is 9.59 Å². The van der Waals surface area contributed by atoms with Crippen molar-refractivity contribution in [2.24, 2.45) is 0 Å². The lowest BCUT2D eigenvalue weighted by Crippen LogP contribution is -2.31. The standard InChI is InChI=1S/C14H14NO2/c1-3-10-6-5-7-11(4-2)14(10)15-12(16)8-9-13(15)17/h6-9H,3-4H2,1-2H3. The van der Waals surface area contributed by atoms with Crippen molar-refractivity contribution in [3.05, 3.63) is 41.5 Å². The molecule has 3 nitrogen and oxygen atoms in total. The third-order valence-electron chi connectivity index (χ3n) is 2.92. The molecule has 17 heavy (non-hydrogen) atoms. The zero-order valence-corrected chi connectivity index (χ0v) is 9.99. The van der Waals surface area contributed by atoms with Gasteiger partial charge in [0.1, 0.15) is 0 Å². The average molecular weight is 228 g/mol. The van der Waals surface area contributed by atoms with Crippen molar-refractivity contribution in [3.8, 4) is 0 Å². The highest BCUT2D eigenvalue weighted by molar-refractivity contribution is 6.28. The fourth-order valence-electron chi connectivity index (χ4n) is 2.03. The fraction of sp³-hybridized carbons (Fsp3) is 0.286. The van der Waals surface area contributed by atoms with Gasteiger partial charge >= 0.3 is 0 Å². The molecule has 0 bridgehead atoms. The lowest BCUT2D eigenvalue weighted by atomic mass is 10.0. The van der Waals surface area contributed by atoms with Gasteiger partial charge in [0.15, 0.2) is 0 Å². The zero-order chi connectivity index (χ0) is 12.4. The van der Waals surface area contributed by atoms with E-state index in [-0.39, 0.29) is 11.8 Å². The molecule has 0 spiro atoms. The highest BCUT2D eigenvalue weighted by Crippen LogP contribution is 2.29. The summed E-state index contributed by atoms with van der Waals surface area (Å²) in [5.74, 6) is -0.517. The Morgan fingerprint density at radius 2 is 1.47 bits per heavy atom. The van der Waals surface area contributed by atoms with Gasteiger partial charge in [-0.25, -0.2) is 4.90 Å². The molecular weight excluding hydrogens is 214 g/mol. The summed E-state index contributed by atoms with van der Waals surface area (Å²) < 4.78 is 0. The Hall–Kier alpha value is -1.90. The fourth-order valence-corrected chi connectivity index (χ4v) is 2.03. The molecule has 1 aliphatic heterocycles. The summed E-state index contributed by atoms with van der Waals surface area (Å²) in [5, 5.41) is 0. The molecule has 0 aromatic heterocycles. The summed E-state index contributed by atoms with van der Waals surface area (Å²) in [7, 11) is 0. The van der Waals surface area contributed by atoms with Crippen LogP contribution in [0.3, 0.4) is 0 Å². The van der Waals surface area contributed by atoms with Gasteiger partial charge in [-0.05, 0) is 42.2 Å². The lowest BCUT2D eigenvalue weighted by Gasteiger charge is -2.20. The van der Waals surface area contributed by atoms with Crippen LogP contribution in [0.4, 0.5) is 5.69 Å². The maximum atomic E-state index is 11.7. The molecule has 0 unspecified atom stereocenters. The van der Waals surface area contributed by atoms with Crippen molar-refractivity contribution in [2.45, 2.75) is 26.7 Å². The van der Waals surface area contributed by atoms with Crippen LogP contribution in [-0.4, -0.2) is 11.8 Å². The second-order valence-electron chi connectivity index (χ2n) is 3.91. The molecule has 2 amide bonds. The molecule has 0 N–H and O–H groups in total. The van der Waals surface area contributed by atoms with Crippen molar-refractivity contribution in [1.29, 1.82) is 0 Å². The Bertz CT molecular complexity index is 463. The van der Waals surface area contributed by atoms with Gasteiger partial charge in [-0.15, -0.1) is 0 Å². The van der Waals surface area contributed by atoms with E-state index < -0.39 is 0 Å². The molecule has 0 saturated heterocycles. The van der Waals surface area contributed by atoms with Gasteiger partial charge in [-0.3, -0.25) is 9.59 Å². The first-order valence-electron chi connectivity index (χ1n) is 5.77. The quantitative estimate of drug-likeness (QED) is 0.742. The molecule has 1 heterocycles. The number of nitrogens with zero attached hydrogens (tertiary/aromatic N) is 1. The summed E-state index contributed by atoms with van der Waals surface area (Å²) in [6.45, 7) is 4.01. The second kappa shape index (κ2) is 4.53. The number of aryl methyl sites for hydroxylation is 2. The molecule has 2 rings (SSSR count). The molecule has 0 atom stereocenters. The number of carbonyl (C=O) groups excluding carboxylic acids is 2. The molecule has 3 heteroatoms. The number of rotatable bonds is 3. The van der Waals surface area contributed by atoms with Crippen LogP contribution in [0.25, 0.3) is 0 Å². The lowest BCUT2D eigenvalue weighted by molar-refractivity contribution is -0.120. The minimum absolute atomic E-state index is 0.259. The number of carbonyl (C=O) groups is 2. The van der Waals surface area contributed by atoms with E-state index in [0.717, 1.165) is 29.7 Å². The second-order valence-corrected chi connectivity index (χ2v) is 3.91. The summed E-state index contributed by atoms with van der Waals surface area (Å²) in [5.41, 5.74) is 2.71. The first-order valence-corrected chi connectivity index (χ1v) is 5.77. The van der Waals surface area contributed by atoms with Crippen LogP contribution in [0.1, 0.15) is 25.0 Å². The normalized spacial score (nSPS) is 14.8. The predicted octanol–water partition coefficient (Wildman–Crippen LogP) is 2.04. The first kappa shape index (κ1) is 11.6. The van der Waals surface area contributed by atoms with Crippen LogP contribution in [0.5, 0.6) is 0 Å². The van der Waals surface area contributed by atoms with Gasteiger partial charge in [0, 0.05) is 12.2 Å². The number of imide groups is 1. The molecule has 1 aliphatic rings. The highest BCUT2D eigenvalue weighted by Gasteiger charge is 2.28. The minimum Gasteiger partial charge on any atom is -0.269 e. The minimum atomic E-state index is -0.259. The van der Waals surface area contributed by atoms with E-state index in [2.05, 4.69) is 6.07 Å². The molecular formula is C14H14NO2. The SMILES string of the molecule is CCc1c[c]cc(CC)c1N1C(=O)C=CC1=O. The van der Waals surface area contributed by atoms with Crippen LogP contribution in [0.15, 0.2) is 24.3 Å². The first-order chi connectivity index (χ1) is 8.19. The predicted molar refractivity (Wildman–Crippen MR) is 65.7 cm³/mol. The largest absolute Gasteiger partial charge is 0.269 e. The van der Waals surface area contributed by atoms with E-state index in [1.807, 2.05) is 26.0 Å². The van der Waals surface area contributed by atoms with E-state index in [4.69, 9.17) is 0 Å². The highest BCUT2D eigenvalue weighted by atomic mass is 16.2. The Morgan fingerprint density at radius 3 is 1.88 bits per heavy atom. The number of hydrogen-bond donors (Lipinski definition) is 0. The summed E-state index contributed by atoms with van der Waals surface area (Å²) in [6.07, 6.45) is 4.18. The van der Waals surface area contributed by atoms with Crippen molar-refractivity contribution >= 4 is 17.5 Å². The van der Waals surface area contributed by atoms with E-state index in [1.165, 1.54) is 17.1 Å². The van der Waals surface area contributed by atoms with Gasteiger partial charge in [-0.1, -0.05) is 13.8 Å². The van der Waals surface area contributed by atoms with Gasteiger partial charge in [0.05, 0.1) is 5.69 Å². The van der Waals surface area contributed by atoms with E-state index in [1.54, 1.807) is 0 Å². The number of hydrogen-bond acceptors (Lipinski definition) is 2. The third kappa shape index (κ3) is 1.88. The summed E-state index contributed by atoms with van der Waals surface area (Å²) in [4.78, 5) is 24.7. The van der Waals surface area contributed by atoms with Crippen LogP contribution < -0.4 is 4.90 Å². The van der Waals surface area contributed by atoms with Gasteiger partial charge in [-0.2, -0.15) is 0 Å². The molecule has 1 aromatic carbocycles. The average Bonchev–Trinajstić information content (AvgIpc) is 2.68. The molecule has 0 fully saturated rings. The Morgan fingerprint density at radius 1 is 1.00 bits per heavy atom. The van der Waals surface area contributed by atoms with Crippen molar-refractivity contribution in [1.82, 2.24) is 0 Å². The number of anilines is 1. The van der Waals surface area contributed by atoms with E-state index >= 15 is 0 Å². The number of amides is 2. The van der Waals surface area contributed by atoms with Gasteiger partial charge < -0.3 is 0 Å². The van der Waals surface area contributed by atoms with Crippen LogP contribution in [-0.2, 0) is 22.4 Å². The summed E-state index contributed by atoms with van der Waals surface area (Å²) >= 11 is 0. The van der Waals surface area contributed by atoms with Gasteiger partial charge in [0.2, 0.25) is 0 Å². The molecule has 0 aliphatic carbocycles. The number of benzene rings is 1. The van der Waals surface area contributed by atoms with E-state index in [9.17, 15) is 9.59 Å². The van der Waals surface area contributed by atoms with E-state index in [0.29, 0.717) is 0 Å². The molecule has 1 aromatic rings. The maximum absolute atomic E-state index is 11.7. The molecule has 0 saturated carbocycles. The topological polar surface area (TPSA) is 37.4 Å². The molecule has 1 radical (unpaired) electrons. The third-order valence-corrected chi connectivity index (χ3v) is 2.92. The zero-order valence-electron chi connectivity index (χ0n) is 9.99. The monoisotopic (exact) mass is 228 g/mol. The van der Waals surface area contributed by atoms with Crippen molar-refractivity contribution in [2.75, 3.05) is 4.90 Å². The Balaban J connectivity index is 2.57. The summed E-state index contributed by atoms with van der Waals surface area (Å²) in [6, 6.07) is 6.74. The molecule has 87 valence electrons. The van der Waals surface area contributed by atoms with Crippen LogP contribution in [0, 0.1) is 6.07 Å².